The molecule has 13 heavy (non-hydrogen) atoms. The first-order valence-corrected chi connectivity index (χ1v) is 5.15. The lowest BCUT2D eigenvalue weighted by Crippen LogP contribution is -2.00. The average Bonchev–Trinajstić information content (AvgIpc) is 2.16. The molecule has 3 heteroatoms. The van der Waals surface area contributed by atoms with Gasteiger partial charge in [0.05, 0.1) is 6.61 Å². The van der Waals surface area contributed by atoms with E-state index in [0.717, 1.165) is 52.1 Å². The number of ether oxygens (including phenoxy) is 2. The van der Waals surface area contributed by atoms with Gasteiger partial charge in [0, 0.05) is 26.4 Å². The van der Waals surface area contributed by atoms with Gasteiger partial charge in [0.2, 0.25) is 0 Å². The molecule has 0 saturated carbocycles. The van der Waals surface area contributed by atoms with Gasteiger partial charge >= 0.3 is 0 Å². The van der Waals surface area contributed by atoms with Crippen LogP contribution in [0.1, 0.15) is 32.6 Å². The third-order valence-electron chi connectivity index (χ3n) is 1.71. The second-order valence-corrected chi connectivity index (χ2v) is 2.93. The lowest BCUT2D eigenvalue weighted by Gasteiger charge is -2.03. The van der Waals surface area contributed by atoms with Gasteiger partial charge < -0.3 is 9.47 Å². The van der Waals surface area contributed by atoms with E-state index in [9.17, 15) is 5.11 Å². The maximum absolute atomic E-state index is 10.1. The van der Waals surface area contributed by atoms with Crippen molar-refractivity contribution in [1.29, 1.82) is 0 Å². The van der Waals surface area contributed by atoms with Crippen molar-refractivity contribution in [1.82, 2.24) is 0 Å². The fourth-order valence-corrected chi connectivity index (χ4v) is 0.961. The maximum Gasteiger partial charge on any atom is 0.0823 e. The Hall–Kier alpha value is -0.120. The van der Waals surface area contributed by atoms with E-state index < -0.39 is 0 Å². The fourth-order valence-electron chi connectivity index (χ4n) is 0.961. The summed E-state index contributed by atoms with van der Waals surface area (Å²) >= 11 is 0. The Labute approximate surface area is 81.0 Å². The molecule has 0 atom stereocenters. The Morgan fingerprint density at radius 3 is 1.92 bits per heavy atom. The highest BCUT2D eigenvalue weighted by Crippen LogP contribution is 1.94. The first kappa shape index (κ1) is 12.9. The van der Waals surface area contributed by atoms with Crippen LogP contribution in [0.25, 0.3) is 0 Å². The van der Waals surface area contributed by atoms with Crippen molar-refractivity contribution in [2.75, 3.05) is 33.0 Å². The van der Waals surface area contributed by atoms with Crippen LogP contribution in [0.5, 0.6) is 0 Å². The van der Waals surface area contributed by atoms with Gasteiger partial charge in [0.1, 0.15) is 0 Å². The van der Waals surface area contributed by atoms with Crippen molar-refractivity contribution < 1.29 is 14.6 Å². The first-order valence-electron chi connectivity index (χ1n) is 5.15. The van der Waals surface area contributed by atoms with Gasteiger partial charge in [0.25, 0.3) is 0 Å². The monoisotopic (exact) mass is 189 g/mol. The van der Waals surface area contributed by atoms with E-state index in [0.29, 0.717) is 0 Å². The Bertz CT molecular complexity index is 76.2. The molecule has 0 bridgehead atoms. The molecule has 3 nitrogen and oxygen atoms in total. The smallest absolute Gasteiger partial charge is 0.0823 e. The SMILES string of the molecule is CCOCCCCOCCCC[O]. The van der Waals surface area contributed by atoms with E-state index in [2.05, 4.69) is 0 Å². The highest BCUT2D eigenvalue weighted by molar-refractivity contribution is 4.39. The summed E-state index contributed by atoms with van der Waals surface area (Å²) < 4.78 is 10.5. The van der Waals surface area contributed by atoms with Gasteiger partial charge in [-0.15, -0.1) is 0 Å². The van der Waals surface area contributed by atoms with Gasteiger partial charge in [0.15, 0.2) is 0 Å². The first-order chi connectivity index (χ1) is 6.41. The van der Waals surface area contributed by atoms with E-state index in [1.807, 2.05) is 6.92 Å². The van der Waals surface area contributed by atoms with Crippen LogP contribution in [0.2, 0.25) is 0 Å². The van der Waals surface area contributed by atoms with Crippen molar-refractivity contribution in [3.63, 3.8) is 0 Å². The minimum absolute atomic E-state index is 0.0215. The summed E-state index contributed by atoms with van der Waals surface area (Å²) in [4.78, 5) is 0. The normalized spacial score (nSPS) is 10.6. The molecule has 0 aromatic heterocycles. The maximum atomic E-state index is 10.1. The second kappa shape index (κ2) is 11.9. The molecule has 0 saturated heterocycles. The molecule has 0 fully saturated rings. The summed E-state index contributed by atoms with van der Waals surface area (Å²) in [6.07, 6.45) is 3.75. The van der Waals surface area contributed by atoms with Crippen LogP contribution < -0.4 is 0 Å². The number of unbranched alkanes of at least 4 members (excludes halogenated alkanes) is 2. The van der Waals surface area contributed by atoms with E-state index >= 15 is 0 Å². The van der Waals surface area contributed by atoms with Crippen molar-refractivity contribution in [3.05, 3.63) is 0 Å². The Balaban J connectivity index is 2.76. The van der Waals surface area contributed by atoms with Crippen LogP contribution in [0, 0.1) is 0 Å². The zero-order valence-electron chi connectivity index (χ0n) is 8.59. The quantitative estimate of drug-likeness (QED) is 0.493. The van der Waals surface area contributed by atoms with Crippen LogP contribution in [0.3, 0.4) is 0 Å². The topological polar surface area (TPSA) is 38.4 Å². The minimum Gasteiger partial charge on any atom is -0.382 e. The summed E-state index contributed by atoms with van der Waals surface area (Å²) in [5, 5.41) is 10.1. The molecule has 0 amide bonds. The van der Waals surface area contributed by atoms with Gasteiger partial charge in [-0.2, -0.15) is 0 Å². The lowest BCUT2D eigenvalue weighted by molar-refractivity contribution is 0.0996. The van der Waals surface area contributed by atoms with E-state index in [-0.39, 0.29) is 6.61 Å². The molecule has 0 spiro atoms. The van der Waals surface area contributed by atoms with Crippen LogP contribution >= 0.6 is 0 Å². The van der Waals surface area contributed by atoms with Crippen LogP contribution in [-0.4, -0.2) is 33.0 Å². The molecule has 0 unspecified atom stereocenters. The van der Waals surface area contributed by atoms with Crippen molar-refractivity contribution in [2.45, 2.75) is 32.6 Å². The van der Waals surface area contributed by atoms with Crippen molar-refractivity contribution >= 4 is 0 Å². The molecule has 0 N–H and O–H groups in total. The predicted molar refractivity (Wildman–Crippen MR) is 51.3 cm³/mol. The molecule has 0 rings (SSSR count). The van der Waals surface area contributed by atoms with Gasteiger partial charge in [-0.05, 0) is 32.6 Å². The predicted octanol–water partition coefficient (Wildman–Crippen LogP) is 2.03. The molecule has 0 heterocycles. The molecule has 79 valence electrons. The van der Waals surface area contributed by atoms with Crippen molar-refractivity contribution in [3.8, 4) is 0 Å². The summed E-state index contributed by atoms with van der Waals surface area (Å²) in [5.74, 6) is 0. The summed E-state index contributed by atoms with van der Waals surface area (Å²) in [5.41, 5.74) is 0. The fraction of sp³-hybridized carbons (Fsp3) is 1.00. The van der Waals surface area contributed by atoms with Crippen LogP contribution in [0.15, 0.2) is 0 Å². The van der Waals surface area contributed by atoms with Gasteiger partial charge in [-0.3, -0.25) is 0 Å². The van der Waals surface area contributed by atoms with Gasteiger partial charge in [-0.1, -0.05) is 0 Å². The summed E-state index contributed by atoms with van der Waals surface area (Å²) in [6, 6.07) is 0. The molecule has 0 aliphatic carbocycles. The van der Waals surface area contributed by atoms with E-state index in [4.69, 9.17) is 9.47 Å². The average molecular weight is 189 g/mol. The second-order valence-electron chi connectivity index (χ2n) is 2.93. The molecule has 0 aliphatic heterocycles. The number of rotatable bonds is 10. The number of hydrogen-bond donors (Lipinski definition) is 0. The Kier molecular flexibility index (Phi) is 11.8. The molecular formula is C10H21O3. The third-order valence-corrected chi connectivity index (χ3v) is 1.71. The summed E-state index contributed by atoms with van der Waals surface area (Å²) in [6.45, 7) is 5.18. The molecule has 0 aromatic rings. The Morgan fingerprint density at radius 1 is 0.846 bits per heavy atom. The molecule has 0 aromatic carbocycles. The zero-order valence-corrected chi connectivity index (χ0v) is 8.59. The lowest BCUT2D eigenvalue weighted by atomic mass is 10.3. The third kappa shape index (κ3) is 11.9. The van der Waals surface area contributed by atoms with Crippen LogP contribution in [0.4, 0.5) is 0 Å². The summed E-state index contributed by atoms with van der Waals surface area (Å²) in [7, 11) is 0. The van der Waals surface area contributed by atoms with Crippen LogP contribution in [-0.2, 0) is 14.6 Å². The van der Waals surface area contributed by atoms with E-state index in [1.165, 1.54) is 0 Å². The zero-order chi connectivity index (χ0) is 9.78. The number of hydrogen-bond acceptors (Lipinski definition) is 2. The van der Waals surface area contributed by atoms with Gasteiger partial charge in [-0.25, -0.2) is 5.11 Å². The minimum atomic E-state index is 0.0215. The highest BCUT2D eigenvalue weighted by atomic mass is 16.5. The molecule has 1 radical (unpaired) electrons. The largest absolute Gasteiger partial charge is 0.382 e. The molecule has 0 aliphatic rings. The highest BCUT2D eigenvalue weighted by Gasteiger charge is 1.90. The standard InChI is InChI=1S/C10H21O3/c1-2-12-8-5-6-10-13-9-4-3-7-11/h2-10H2,1H3. The Morgan fingerprint density at radius 2 is 1.38 bits per heavy atom. The van der Waals surface area contributed by atoms with Crippen molar-refractivity contribution in [2.24, 2.45) is 0 Å². The molecular weight excluding hydrogens is 168 g/mol. The van der Waals surface area contributed by atoms with E-state index in [1.54, 1.807) is 0 Å².